The third-order valence-corrected chi connectivity index (χ3v) is 8.30. The second-order valence-electron chi connectivity index (χ2n) is 10.6. The van der Waals surface area contributed by atoms with Crippen molar-refractivity contribution in [1.82, 2.24) is 14.1 Å². The number of aromatic nitrogens is 3. The van der Waals surface area contributed by atoms with Gasteiger partial charge < -0.3 is 9.13 Å². The fourth-order valence-electron chi connectivity index (χ4n) is 6.69. The van der Waals surface area contributed by atoms with E-state index >= 15 is 0 Å². The van der Waals surface area contributed by atoms with Crippen LogP contribution in [0.15, 0.2) is 97.3 Å². The zero-order chi connectivity index (χ0) is 24.2. The molecule has 8 rings (SSSR count). The average Bonchev–Trinajstić information content (AvgIpc) is 3.52. The van der Waals surface area contributed by atoms with Gasteiger partial charge in [0, 0.05) is 28.9 Å². The van der Waals surface area contributed by atoms with Gasteiger partial charge in [-0.25, -0.2) is 4.98 Å². The molecule has 172 valence electrons. The Morgan fingerprint density at radius 1 is 0.694 bits per heavy atom. The van der Waals surface area contributed by atoms with E-state index < -0.39 is 0 Å². The predicted octanol–water partition coefficient (Wildman–Crippen LogP) is 8.13. The van der Waals surface area contributed by atoms with Crippen LogP contribution in [-0.4, -0.2) is 14.1 Å². The molecule has 1 aliphatic carbocycles. The molecule has 0 atom stereocenters. The summed E-state index contributed by atoms with van der Waals surface area (Å²) in [5.74, 6) is 0. The molecule has 5 aromatic carbocycles. The van der Waals surface area contributed by atoms with Gasteiger partial charge in [0.2, 0.25) is 0 Å². The van der Waals surface area contributed by atoms with E-state index in [0.717, 1.165) is 16.7 Å². The molecule has 2 heterocycles. The van der Waals surface area contributed by atoms with Gasteiger partial charge in [0.1, 0.15) is 0 Å². The number of para-hydroxylation sites is 1. The Bertz CT molecular complexity index is 2030. The van der Waals surface area contributed by atoms with Crippen molar-refractivity contribution in [2.45, 2.75) is 19.3 Å². The second kappa shape index (κ2) is 6.64. The highest BCUT2D eigenvalue weighted by molar-refractivity contribution is 6.23. The maximum atomic E-state index is 4.64. The normalized spacial score (nSPS) is 14.2. The molecule has 1 aliphatic rings. The van der Waals surface area contributed by atoms with Crippen LogP contribution in [0.2, 0.25) is 0 Å². The summed E-state index contributed by atoms with van der Waals surface area (Å²) in [6, 6.07) is 33.6. The summed E-state index contributed by atoms with van der Waals surface area (Å²) < 4.78 is 4.48. The first kappa shape index (κ1) is 19.9. The second-order valence-corrected chi connectivity index (χ2v) is 10.6. The monoisotopic (exact) mass is 463 g/mol. The van der Waals surface area contributed by atoms with E-state index in [1.807, 2.05) is 13.4 Å². The van der Waals surface area contributed by atoms with Crippen molar-refractivity contribution in [3.05, 3.63) is 108 Å². The molecule has 0 aliphatic heterocycles. The number of aryl methyl sites for hydroxylation is 1. The Morgan fingerprint density at radius 3 is 2.39 bits per heavy atom. The van der Waals surface area contributed by atoms with Crippen LogP contribution in [0.25, 0.3) is 60.4 Å². The lowest BCUT2D eigenvalue weighted by molar-refractivity contribution is 0.666. The van der Waals surface area contributed by atoms with Gasteiger partial charge in [0.05, 0.1) is 28.4 Å². The number of imidazole rings is 1. The first-order valence-electron chi connectivity index (χ1n) is 12.5. The van der Waals surface area contributed by atoms with Crippen molar-refractivity contribution in [2.75, 3.05) is 0 Å². The van der Waals surface area contributed by atoms with Crippen molar-refractivity contribution < 1.29 is 0 Å². The number of fused-ring (bicyclic) bond motifs is 10. The molecule has 0 N–H and O–H groups in total. The smallest absolute Gasteiger partial charge is 0.0955 e. The van der Waals surface area contributed by atoms with E-state index in [1.54, 1.807) is 0 Å². The van der Waals surface area contributed by atoms with Crippen LogP contribution in [0.5, 0.6) is 0 Å². The van der Waals surface area contributed by atoms with Crippen LogP contribution in [0, 0.1) is 0 Å². The molecule has 3 heteroatoms. The largest absolute Gasteiger partial charge is 0.334 e. The summed E-state index contributed by atoms with van der Waals surface area (Å²) in [6.45, 7) is 4.76. The fraction of sp³-hybridized carbons (Fsp3) is 0.121. The Balaban J connectivity index is 1.56. The quantitative estimate of drug-likeness (QED) is 0.241. The molecule has 0 bridgehead atoms. The molecule has 0 spiro atoms. The molecule has 0 unspecified atom stereocenters. The van der Waals surface area contributed by atoms with Crippen molar-refractivity contribution in [3.8, 4) is 16.8 Å². The molecular formula is C33H25N3. The molecule has 0 amide bonds. The SMILES string of the molecule is Cn1cnc2cc(-n3c4ccccc4c4c5c6c(ccc5ccc43)-c3ccccc3C6(C)C)ccc21. The first-order valence-corrected chi connectivity index (χ1v) is 12.5. The summed E-state index contributed by atoms with van der Waals surface area (Å²) in [5, 5.41) is 5.30. The zero-order valence-electron chi connectivity index (χ0n) is 20.6. The summed E-state index contributed by atoms with van der Waals surface area (Å²) in [7, 11) is 2.04. The van der Waals surface area contributed by atoms with E-state index in [2.05, 4.69) is 119 Å². The van der Waals surface area contributed by atoms with Crippen molar-refractivity contribution >= 4 is 43.6 Å². The van der Waals surface area contributed by atoms with Crippen LogP contribution < -0.4 is 0 Å². The van der Waals surface area contributed by atoms with Crippen LogP contribution in [-0.2, 0) is 12.5 Å². The highest BCUT2D eigenvalue weighted by Gasteiger charge is 2.37. The van der Waals surface area contributed by atoms with E-state index in [-0.39, 0.29) is 5.41 Å². The number of hydrogen-bond acceptors (Lipinski definition) is 1. The van der Waals surface area contributed by atoms with E-state index in [0.29, 0.717) is 0 Å². The van der Waals surface area contributed by atoms with Crippen LogP contribution in [0.3, 0.4) is 0 Å². The number of benzene rings is 5. The summed E-state index contributed by atoms with van der Waals surface area (Å²) >= 11 is 0. The third kappa shape index (κ3) is 2.35. The number of nitrogens with zero attached hydrogens (tertiary/aromatic N) is 3. The van der Waals surface area contributed by atoms with Gasteiger partial charge in [-0.05, 0) is 63.4 Å². The third-order valence-electron chi connectivity index (χ3n) is 8.30. The van der Waals surface area contributed by atoms with Gasteiger partial charge in [-0.3, -0.25) is 0 Å². The lowest BCUT2D eigenvalue weighted by Crippen LogP contribution is -2.15. The van der Waals surface area contributed by atoms with Gasteiger partial charge in [-0.2, -0.15) is 0 Å². The molecule has 0 saturated carbocycles. The summed E-state index contributed by atoms with van der Waals surface area (Å²) in [4.78, 5) is 4.64. The van der Waals surface area contributed by atoms with Gasteiger partial charge in [-0.15, -0.1) is 0 Å². The first-order chi connectivity index (χ1) is 17.5. The molecule has 2 aromatic heterocycles. The van der Waals surface area contributed by atoms with Crippen molar-refractivity contribution in [3.63, 3.8) is 0 Å². The van der Waals surface area contributed by atoms with E-state index in [9.17, 15) is 0 Å². The topological polar surface area (TPSA) is 22.8 Å². The molecule has 3 nitrogen and oxygen atoms in total. The zero-order valence-corrected chi connectivity index (χ0v) is 20.6. The minimum absolute atomic E-state index is 0.0736. The molecule has 36 heavy (non-hydrogen) atoms. The lowest BCUT2D eigenvalue weighted by atomic mass is 9.79. The fourth-order valence-corrected chi connectivity index (χ4v) is 6.69. The maximum absolute atomic E-state index is 4.64. The van der Waals surface area contributed by atoms with E-state index in [1.165, 1.54) is 54.8 Å². The Hall–Kier alpha value is -4.37. The molecular weight excluding hydrogens is 438 g/mol. The average molecular weight is 464 g/mol. The Morgan fingerprint density at radius 2 is 1.47 bits per heavy atom. The predicted molar refractivity (Wildman–Crippen MR) is 150 cm³/mol. The highest BCUT2D eigenvalue weighted by atomic mass is 15.0. The summed E-state index contributed by atoms with van der Waals surface area (Å²) in [5.41, 5.74) is 11.3. The lowest BCUT2D eigenvalue weighted by Gasteiger charge is -2.23. The van der Waals surface area contributed by atoms with Crippen LogP contribution in [0.1, 0.15) is 25.0 Å². The van der Waals surface area contributed by atoms with Gasteiger partial charge >= 0.3 is 0 Å². The standard InChI is InChI=1S/C33H25N3/c1-33(2)25-10-6-4-8-22(25)23-15-12-20-13-16-29-31(30(20)32(23)33)24-9-5-7-11-27(24)36(29)21-14-17-28-26(18-21)34-19-35(28)3/h4-19H,1-3H3. The van der Waals surface area contributed by atoms with Gasteiger partial charge in [0.15, 0.2) is 0 Å². The van der Waals surface area contributed by atoms with Gasteiger partial charge in [-0.1, -0.05) is 74.5 Å². The van der Waals surface area contributed by atoms with Crippen LogP contribution in [0.4, 0.5) is 0 Å². The van der Waals surface area contributed by atoms with Gasteiger partial charge in [0.25, 0.3) is 0 Å². The number of hydrogen-bond donors (Lipinski definition) is 0. The molecule has 0 fully saturated rings. The van der Waals surface area contributed by atoms with Crippen molar-refractivity contribution in [2.24, 2.45) is 7.05 Å². The number of rotatable bonds is 1. The molecule has 7 aromatic rings. The summed E-state index contributed by atoms with van der Waals surface area (Å²) in [6.07, 6.45) is 1.89. The van der Waals surface area contributed by atoms with Crippen molar-refractivity contribution in [1.29, 1.82) is 0 Å². The minimum Gasteiger partial charge on any atom is -0.334 e. The highest BCUT2D eigenvalue weighted by Crippen LogP contribution is 2.53. The maximum Gasteiger partial charge on any atom is 0.0955 e. The van der Waals surface area contributed by atoms with Crippen LogP contribution >= 0.6 is 0 Å². The minimum atomic E-state index is -0.0736. The Kier molecular flexibility index (Phi) is 3.67. The molecule has 0 saturated heterocycles. The molecule has 0 radical (unpaired) electrons. The Labute approximate surface area is 209 Å². The van der Waals surface area contributed by atoms with E-state index in [4.69, 9.17) is 0 Å².